The van der Waals surface area contributed by atoms with Crippen molar-refractivity contribution in [3.63, 3.8) is 0 Å². The van der Waals surface area contributed by atoms with Gasteiger partial charge in [-0.05, 0) is 25.7 Å². The van der Waals surface area contributed by atoms with Crippen LogP contribution < -0.4 is 0 Å². The lowest BCUT2D eigenvalue weighted by molar-refractivity contribution is 0.437. The number of hydrogen-bond acceptors (Lipinski definition) is 0. The van der Waals surface area contributed by atoms with Crippen LogP contribution in [-0.4, -0.2) is 0 Å². The van der Waals surface area contributed by atoms with Crippen LogP contribution in [0.5, 0.6) is 0 Å². The summed E-state index contributed by atoms with van der Waals surface area (Å²) in [7, 11) is 0. The van der Waals surface area contributed by atoms with E-state index in [0.29, 0.717) is 0 Å². The average molecular weight is 329 g/mol. The van der Waals surface area contributed by atoms with E-state index in [0.717, 1.165) is 24.2 Å². The first-order valence-corrected chi connectivity index (χ1v) is 9.03. The van der Waals surface area contributed by atoms with Crippen LogP contribution in [-0.2, 0) is 0 Å². The Labute approximate surface area is 152 Å². The van der Waals surface area contributed by atoms with Crippen LogP contribution in [0, 0.1) is 25.7 Å². The molecule has 0 amide bonds. The number of benzene rings is 1. The number of allylic oxidation sites excluding steroid dienone is 10. The fourth-order valence-electron chi connectivity index (χ4n) is 3.43. The highest BCUT2D eigenvalue weighted by atomic mass is 14.9. The van der Waals surface area contributed by atoms with E-state index in [1.165, 1.54) is 22.3 Å². The largest absolute Gasteiger partial charge is 0.704 e. The lowest BCUT2D eigenvalue weighted by atomic mass is 9.78. The molecule has 0 unspecified atom stereocenters. The molecule has 2 aliphatic rings. The molecule has 0 aromatic heterocycles. The maximum atomic E-state index is 5.15. The van der Waals surface area contributed by atoms with Gasteiger partial charge in [0.15, 0.2) is 0 Å². The highest BCUT2D eigenvalue weighted by Gasteiger charge is 2.22. The van der Waals surface area contributed by atoms with E-state index in [1.807, 2.05) is 0 Å². The lowest BCUT2D eigenvalue weighted by Gasteiger charge is -2.42. The molecular formula is C24H27N-2. The molecule has 0 radical (unpaired) electrons. The number of hydrogen-bond donors (Lipinski definition) is 0. The van der Waals surface area contributed by atoms with Crippen LogP contribution in [0.25, 0.3) is 5.32 Å². The van der Waals surface area contributed by atoms with Gasteiger partial charge in [0.2, 0.25) is 0 Å². The Morgan fingerprint density at radius 2 is 1.88 bits per heavy atom. The van der Waals surface area contributed by atoms with Gasteiger partial charge in [-0.2, -0.15) is 5.57 Å². The van der Waals surface area contributed by atoms with E-state index in [-0.39, 0.29) is 5.41 Å². The van der Waals surface area contributed by atoms with E-state index in [9.17, 15) is 0 Å². The van der Waals surface area contributed by atoms with Crippen molar-refractivity contribution in [1.82, 2.24) is 0 Å². The van der Waals surface area contributed by atoms with Crippen molar-refractivity contribution in [2.24, 2.45) is 5.41 Å². The summed E-state index contributed by atoms with van der Waals surface area (Å²) in [5, 5.41) is 5.15. The predicted molar refractivity (Wildman–Crippen MR) is 109 cm³/mol. The third kappa shape index (κ3) is 3.99. The molecular weight excluding hydrogens is 302 g/mol. The summed E-state index contributed by atoms with van der Waals surface area (Å²) in [4.78, 5) is 0. The van der Waals surface area contributed by atoms with Gasteiger partial charge in [0.25, 0.3) is 0 Å². The summed E-state index contributed by atoms with van der Waals surface area (Å²) in [6.45, 7) is 8.94. The smallest absolute Gasteiger partial charge is 0.0127 e. The summed E-state index contributed by atoms with van der Waals surface area (Å²) in [6.07, 6.45) is 19.3. The molecule has 1 heteroatoms. The average Bonchev–Trinajstić information content (AvgIpc) is 3.13. The Bertz CT molecular complexity index is 777. The SMILES string of the molecule is Cc1cccc(C)c1[N-]C(CC(C)(C)C1=CC=CC1)=C1C=CC=C[CH-]1. The van der Waals surface area contributed by atoms with Gasteiger partial charge in [0, 0.05) is 0 Å². The number of rotatable bonds is 5. The normalized spacial score (nSPS) is 18.2. The van der Waals surface area contributed by atoms with E-state index in [1.54, 1.807) is 0 Å². The molecule has 1 nitrogen and oxygen atoms in total. The molecule has 25 heavy (non-hydrogen) atoms. The molecule has 0 heterocycles. The quantitative estimate of drug-likeness (QED) is 0.507. The monoisotopic (exact) mass is 329 g/mol. The molecule has 0 saturated carbocycles. The predicted octanol–water partition coefficient (Wildman–Crippen LogP) is 7.20. The maximum Gasteiger partial charge on any atom is -0.0127 e. The number of para-hydroxylation sites is 1. The highest BCUT2D eigenvalue weighted by Crippen LogP contribution is 2.43. The van der Waals surface area contributed by atoms with Crippen LogP contribution in [0.4, 0.5) is 5.69 Å². The van der Waals surface area contributed by atoms with Crippen LogP contribution in [0.15, 0.2) is 77.6 Å². The first-order valence-electron chi connectivity index (χ1n) is 9.03. The zero-order valence-corrected chi connectivity index (χ0v) is 15.7. The molecule has 1 aromatic carbocycles. The van der Waals surface area contributed by atoms with Gasteiger partial charge in [-0.15, -0.1) is 36.4 Å². The topological polar surface area (TPSA) is 14.1 Å². The third-order valence-electron chi connectivity index (χ3n) is 5.04. The summed E-state index contributed by atoms with van der Waals surface area (Å²) in [5.74, 6) is 0. The first-order chi connectivity index (χ1) is 12.0. The second kappa shape index (κ2) is 7.23. The molecule has 1 aromatic rings. The molecule has 130 valence electrons. The van der Waals surface area contributed by atoms with Crippen LogP contribution in [0.3, 0.4) is 0 Å². The van der Waals surface area contributed by atoms with Crippen LogP contribution in [0.1, 0.15) is 37.8 Å². The molecule has 0 fully saturated rings. The van der Waals surface area contributed by atoms with Gasteiger partial charge in [-0.3, -0.25) is 0 Å². The molecule has 0 N–H and O–H groups in total. The lowest BCUT2D eigenvalue weighted by Crippen LogP contribution is -2.15. The van der Waals surface area contributed by atoms with Crippen molar-refractivity contribution in [1.29, 1.82) is 0 Å². The van der Waals surface area contributed by atoms with E-state index in [2.05, 4.69) is 94.8 Å². The fourth-order valence-corrected chi connectivity index (χ4v) is 3.43. The van der Waals surface area contributed by atoms with Gasteiger partial charge in [-0.1, -0.05) is 73.4 Å². The van der Waals surface area contributed by atoms with Crippen molar-refractivity contribution >= 4 is 5.69 Å². The number of aryl methyl sites for hydroxylation is 2. The molecule has 0 bridgehead atoms. The van der Waals surface area contributed by atoms with Crippen molar-refractivity contribution in [2.45, 2.75) is 40.5 Å². The third-order valence-corrected chi connectivity index (χ3v) is 5.04. The summed E-state index contributed by atoms with van der Waals surface area (Å²) >= 11 is 0. The van der Waals surface area contributed by atoms with Crippen molar-refractivity contribution in [3.8, 4) is 0 Å². The van der Waals surface area contributed by atoms with Gasteiger partial charge >= 0.3 is 0 Å². The van der Waals surface area contributed by atoms with Gasteiger partial charge < -0.3 is 5.32 Å². The minimum absolute atomic E-state index is 0.0920. The second-order valence-corrected chi connectivity index (χ2v) is 7.55. The summed E-state index contributed by atoms with van der Waals surface area (Å²) in [5.41, 5.74) is 7.52. The molecule has 0 atom stereocenters. The highest BCUT2D eigenvalue weighted by molar-refractivity contribution is 5.66. The van der Waals surface area contributed by atoms with Crippen molar-refractivity contribution in [3.05, 3.63) is 100 Å². The van der Waals surface area contributed by atoms with Gasteiger partial charge in [-0.25, -0.2) is 5.70 Å². The Kier molecular flexibility index (Phi) is 5.03. The molecule has 3 rings (SSSR count). The Morgan fingerprint density at radius 3 is 2.48 bits per heavy atom. The molecule has 0 saturated heterocycles. The Balaban J connectivity index is 1.94. The molecule has 2 aliphatic carbocycles. The fraction of sp³-hybridized carbons (Fsp3) is 0.292. The summed E-state index contributed by atoms with van der Waals surface area (Å²) in [6, 6.07) is 6.39. The van der Waals surface area contributed by atoms with Crippen molar-refractivity contribution in [2.75, 3.05) is 0 Å². The van der Waals surface area contributed by atoms with E-state index in [4.69, 9.17) is 5.32 Å². The maximum absolute atomic E-state index is 5.15. The Morgan fingerprint density at radius 1 is 1.12 bits per heavy atom. The Hall–Kier alpha value is -2.41. The number of nitrogens with zero attached hydrogens (tertiary/aromatic N) is 1. The van der Waals surface area contributed by atoms with Crippen LogP contribution >= 0.6 is 0 Å². The minimum atomic E-state index is 0.0920. The molecule has 0 aliphatic heterocycles. The summed E-state index contributed by atoms with van der Waals surface area (Å²) < 4.78 is 0. The first kappa shape index (κ1) is 17.4. The van der Waals surface area contributed by atoms with Gasteiger partial charge in [0.05, 0.1) is 0 Å². The zero-order chi connectivity index (χ0) is 17.9. The minimum Gasteiger partial charge on any atom is -0.704 e. The van der Waals surface area contributed by atoms with E-state index < -0.39 is 0 Å². The van der Waals surface area contributed by atoms with Gasteiger partial charge in [0.1, 0.15) is 0 Å². The standard InChI is InChI=1S/C24H27N/c1-18-11-10-12-19(2)23(18)25-22(20-13-6-5-7-14-20)17-24(3,4)21-15-8-9-16-21/h5-15H,16-17H2,1-4H3/q-2. The van der Waals surface area contributed by atoms with Crippen LogP contribution in [0.2, 0.25) is 0 Å². The van der Waals surface area contributed by atoms with E-state index >= 15 is 0 Å². The zero-order valence-electron chi connectivity index (χ0n) is 15.7. The second-order valence-electron chi connectivity index (χ2n) is 7.55. The molecule has 0 spiro atoms. The van der Waals surface area contributed by atoms with Crippen molar-refractivity contribution < 1.29 is 0 Å².